The number of carboxylic acids is 1. The van der Waals surface area contributed by atoms with Crippen LogP contribution in [0.3, 0.4) is 0 Å². The number of rotatable bonds is 8. The Morgan fingerprint density at radius 3 is 2.48 bits per heavy atom. The third-order valence-electron chi connectivity index (χ3n) is 2.95. The first-order valence-electron chi connectivity index (χ1n) is 6.83. The molecular formula is C17H19ClO4S. The van der Waals surface area contributed by atoms with Crippen LogP contribution in [0.1, 0.15) is 29.8 Å². The minimum atomic E-state index is -1.08. The first-order chi connectivity index (χ1) is 10.7. The predicted octanol–water partition coefficient (Wildman–Crippen LogP) is 4.50. The highest BCUT2D eigenvalue weighted by Gasteiger charge is 2.15. The van der Waals surface area contributed by atoms with Crippen molar-refractivity contribution in [1.29, 1.82) is 0 Å². The van der Waals surface area contributed by atoms with Crippen molar-refractivity contribution in [3.05, 3.63) is 59.0 Å². The van der Waals surface area contributed by atoms with E-state index in [1.54, 1.807) is 32.1 Å². The van der Waals surface area contributed by atoms with Gasteiger partial charge in [0.05, 0.1) is 16.0 Å². The fourth-order valence-corrected chi connectivity index (χ4v) is 2.57. The van der Waals surface area contributed by atoms with E-state index in [0.717, 1.165) is 0 Å². The Morgan fingerprint density at radius 1 is 1.35 bits per heavy atom. The smallest absolute Gasteiger partial charge is 0.335 e. The second-order valence-corrected chi connectivity index (χ2v) is 6.61. The summed E-state index contributed by atoms with van der Waals surface area (Å²) in [7, 11) is 0. The molecule has 0 fully saturated rings. The predicted molar refractivity (Wildman–Crippen MR) is 95.9 cm³/mol. The Morgan fingerprint density at radius 2 is 1.96 bits per heavy atom. The molecule has 0 saturated carbocycles. The highest BCUT2D eigenvalue weighted by molar-refractivity contribution is 8.13. The van der Waals surface area contributed by atoms with Gasteiger partial charge < -0.3 is 14.9 Å². The molecule has 0 aromatic heterocycles. The summed E-state index contributed by atoms with van der Waals surface area (Å²) in [4.78, 5) is 11.9. The first-order valence-corrected chi connectivity index (χ1v) is 8.02. The summed E-state index contributed by atoms with van der Waals surface area (Å²) in [5.74, 6) is -0.731. The van der Waals surface area contributed by atoms with E-state index < -0.39 is 18.2 Å². The Labute approximate surface area is 145 Å². The summed E-state index contributed by atoms with van der Waals surface area (Å²) in [6.45, 7) is 10.8. The van der Waals surface area contributed by atoms with Crippen LogP contribution >= 0.6 is 23.4 Å². The molecule has 0 aliphatic carbocycles. The average Bonchev–Trinajstić information content (AvgIpc) is 2.46. The number of hydrogen-bond donors (Lipinski definition) is 2. The number of thioether (sulfide) groups is 1. The number of carboxylic acid groups (broad SMARTS) is 1. The van der Waals surface area contributed by atoms with Gasteiger partial charge >= 0.3 is 5.97 Å². The SMILES string of the molecule is C=C/C=C(/Cl)SC(=C)c1cc(OC(C)C(C)O)cc(C(=O)O)c1. The van der Waals surface area contributed by atoms with Crippen LogP contribution in [0.4, 0.5) is 0 Å². The van der Waals surface area contributed by atoms with Crippen molar-refractivity contribution in [2.24, 2.45) is 0 Å². The highest BCUT2D eigenvalue weighted by Crippen LogP contribution is 2.36. The topological polar surface area (TPSA) is 66.8 Å². The molecule has 2 atom stereocenters. The zero-order chi connectivity index (χ0) is 17.6. The third-order valence-corrected chi connectivity index (χ3v) is 4.12. The molecule has 0 bridgehead atoms. The van der Waals surface area contributed by atoms with E-state index in [9.17, 15) is 15.0 Å². The molecular weight excluding hydrogens is 336 g/mol. The fourth-order valence-electron chi connectivity index (χ4n) is 1.57. The molecule has 2 N–H and O–H groups in total. The Bertz CT molecular complexity index is 637. The summed E-state index contributed by atoms with van der Waals surface area (Å²) < 4.78 is 6.05. The maximum absolute atomic E-state index is 11.3. The molecule has 1 aromatic carbocycles. The number of aromatic carboxylic acids is 1. The van der Waals surface area contributed by atoms with Crippen molar-refractivity contribution in [3.8, 4) is 5.75 Å². The number of aliphatic hydroxyl groups is 1. The van der Waals surface area contributed by atoms with Crippen molar-refractivity contribution in [3.63, 3.8) is 0 Å². The van der Waals surface area contributed by atoms with Gasteiger partial charge in [0, 0.05) is 4.91 Å². The van der Waals surface area contributed by atoms with Gasteiger partial charge in [0.2, 0.25) is 0 Å². The Hall–Kier alpha value is -1.69. The molecule has 0 spiro atoms. The van der Waals surface area contributed by atoms with E-state index in [4.69, 9.17) is 16.3 Å². The number of hydrogen-bond acceptors (Lipinski definition) is 4. The molecule has 0 saturated heterocycles. The summed E-state index contributed by atoms with van der Waals surface area (Å²) in [6.07, 6.45) is 2.01. The van der Waals surface area contributed by atoms with Gasteiger partial charge in [-0.2, -0.15) is 0 Å². The molecule has 6 heteroatoms. The second-order valence-electron chi connectivity index (χ2n) is 4.85. The van der Waals surface area contributed by atoms with E-state index in [0.29, 0.717) is 20.6 Å². The van der Waals surface area contributed by atoms with Crippen molar-refractivity contribution in [1.82, 2.24) is 0 Å². The van der Waals surface area contributed by atoms with Gasteiger partial charge in [-0.25, -0.2) is 4.79 Å². The fraction of sp³-hybridized carbons (Fsp3) is 0.235. The van der Waals surface area contributed by atoms with E-state index in [-0.39, 0.29) is 5.56 Å². The molecule has 0 radical (unpaired) electrons. The molecule has 0 aliphatic rings. The van der Waals surface area contributed by atoms with Crippen molar-refractivity contribution in [2.45, 2.75) is 26.1 Å². The molecule has 1 aromatic rings. The standard InChI is InChI=1S/C17H19ClO4S/c1-5-6-16(18)23-12(4)13-7-14(17(20)21)9-15(8-13)22-11(3)10(2)19/h5-11,19H,1,4H2,2-3H3,(H,20,21)/b16-6-. The van der Waals surface area contributed by atoms with Crippen LogP contribution in [0.15, 0.2) is 47.9 Å². The van der Waals surface area contributed by atoms with E-state index in [1.165, 1.54) is 23.9 Å². The zero-order valence-electron chi connectivity index (χ0n) is 13.0. The molecule has 2 unspecified atom stereocenters. The van der Waals surface area contributed by atoms with Crippen LogP contribution in [0, 0.1) is 0 Å². The third kappa shape index (κ3) is 6.14. The lowest BCUT2D eigenvalue weighted by atomic mass is 10.1. The van der Waals surface area contributed by atoms with Gasteiger partial charge in [-0.05, 0) is 43.7 Å². The average molecular weight is 355 g/mol. The lowest BCUT2D eigenvalue weighted by molar-refractivity contribution is 0.0600. The van der Waals surface area contributed by atoms with E-state index >= 15 is 0 Å². The maximum Gasteiger partial charge on any atom is 0.335 e. The minimum absolute atomic E-state index is 0.0702. The van der Waals surface area contributed by atoms with Gasteiger partial charge in [0.25, 0.3) is 0 Å². The van der Waals surface area contributed by atoms with E-state index in [2.05, 4.69) is 13.2 Å². The summed E-state index contributed by atoms with van der Waals surface area (Å²) in [5.41, 5.74) is 0.652. The van der Waals surface area contributed by atoms with Crippen LogP contribution in [0.5, 0.6) is 5.75 Å². The highest BCUT2D eigenvalue weighted by atomic mass is 35.5. The Kier molecular flexibility index (Phi) is 7.42. The minimum Gasteiger partial charge on any atom is -0.488 e. The number of halogens is 1. The quantitative estimate of drug-likeness (QED) is 0.672. The number of carbonyl (C=O) groups is 1. The molecule has 4 nitrogen and oxygen atoms in total. The normalized spacial score (nSPS) is 14.0. The number of allylic oxidation sites excluding steroid dienone is 2. The Balaban J connectivity index is 3.13. The van der Waals surface area contributed by atoms with Crippen LogP contribution in [0.25, 0.3) is 4.91 Å². The van der Waals surface area contributed by atoms with Gasteiger partial charge in [0.15, 0.2) is 0 Å². The van der Waals surface area contributed by atoms with Gasteiger partial charge in [-0.15, -0.1) is 0 Å². The monoisotopic (exact) mass is 354 g/mol. The molecule has 0 amide bonds. The lowest BCUT2D eigenvalue weighted by Crippen LogP contribution is -2.25. The zero-order valence-corrected chi connectivity index (χ0v) is 14.5. The summed E-state index contributed by atoms with van der Waals surface area (Å²) >= 11 is 7.20. The maximum atomic E-state index is 11.3. The largest absolute Gasteiger partial charge is 0.488 e. The summed E-state index contributed by atoms with van der Waals surface area (Å²) in [6, 6.07) is 4.57. The first kappa shape index (κ1) is 19.4. The van der Waals surface area contributed by atoms with Crippen LogP contribution in [0.2, 0.25) is 0 Å². The molecule has 0 aliphatic heterocycles. The summed E-state index contributed by atoms with van der Waals surface area (Å²) in [5, 5.41) is 18.8. The number of ether oxygens (including phenoxy) is 1. The number of benzene rings is 1. The van der Waals surface area contributed by atoms with Crippen LogP contribution < -0.4 is 4.74 Å². The molecule has 0 heterocycles. The van der Waals surface area contributed by atoms with Crippen LogP contribution in [-0.4, -0.2) is 28.4 Å². The van der Waals surface area contributed by atoms with Gasteiger partial charge in [0.1, 0.15) is 11.9 Å². The van der Waals surface area contributed by atoms with E-state index in [1.807, 2.05) is 0 Å². The van der Waals surface area contributed by atoms with Crippen molar-refractivity contribution >= 4 is 34.2 Å². The van der Waals surface area contributed by atoms with Crippen molar-refractivity contribution in [2.75, 3.05) is 0 Å². The van der Waals surface area contributed by atoms with Gasteiger partial charge in [-0.1, -0.05) is 42.6 Å². The molecule has 1 rings (SSSR count). The number of aliphatic hydroxyl groups excluding tert-OH is 1. The molecule has 124 valence electrons. The van der Waals surface area contributed by atoms with Crippen LogP contribution in [-0.2, 0) is 0 Å². The molecule has 23 heavy (non-hydrogen) atoms. The second kappa shape index (κ2) is 8.82. The lowest BCUT2D eigenvalue weighted by Gasteiger charge is -2.18. The van der Waals surface area contributed by atoms with Crippen molar-refractivity contribution < 1.29 is 19.7 Å². The van der Waals surface area contributed by atoms with Gasteiger partial charge in [-0.3, -0.25) is 0 Å².